The van der Waals surface area contributed by atoms with Crippen LogP contribution in [0.15, 0.2) is 53.9 Å². The molecular formula is C18H16N2O6. The number of esters is 1. The van der Waals surface area contributed by atoms with Crippen molar-refractivity contribution in [2.45, 2.75) is 12.8 Å². The number of non-ortho nitro benzene ring substituents is 1. The van der Waals surface area contributed by atoms with Gasteiger partial charge in [0.1, 0.15) is 17.1 Å². The van der Waals surface area contributed by atoms with Crippen LogP contribution in [0.3, 0.4) is 0 Å². The van der Waals surface area contributed by atoms with E-state index in [4.69, 9.17) is 15.2 Å². The number of benzene rings is 2. The van der Waals surface area contributed by atoms with Gasteiger partial charge in [-0.25, -0.2) is 4.79 Å². The van der Waals surface area contributed by atoms with Gasteiger partial charge in [0.2, 0.25) is 5.88 Å². The number of hydrogen-bond acceptors (Lipinski definition) is 7. The second-order valence-corrected chi connectivity index (χ2v) is 5.60. The minimum absolute atomic E-state index is 0.0152. The monoisotopic (exact) mass is 356 g/mol. The number of nitrogens with two attached hydrogens (primary N) is 1. The normalized spacial score (nSPS) is 15.8. The zero-order valence-electron chi connectivity index (χ0n) is 13.8. The second kappa shape index (κ2) is 6.75. The summed E-state index contributed by atoms with van der Waals surface area (Å²) >= 11 is 0. The lowest BCUT2D eigenvalue weighted by Gasteiger charge is -2.28. The maximum atomic E-state index is 12.4. The highest BCUT2D eigenvalue weighted by molar-refractivity contribution is 5.92. The number of carbonyl (C=O) groups is 1. The smallest absolute Gasteiger partial charge is 0.340 e. The lowest BCUT2D eigenvalue weighted by Crippen LogP contribution is -2.27. The molecule has 8 nitrogen and oxygen atoms in total. The molecule has 0 unspecified atom stereocenters. The fourth-order valence-electron chi connectivity index (χ4n) is 2.88. The summed E-state index contributed by atoms with van der Waals surface area (Å²) in [4.78, 5) is 22.8. The third-order valence-electron chi connectivity index (χ3n) is 4.01. The summed E-state index contributed by atoms with van der Waals surface area (Å²) in [5.41, 5.74) is 7.19. The fraction of sp³-hybridized carbons (Fsp3) is 0.167. The van der Waals surface area contributed by atoms with Crippen LogP contribution in [0.25, 0.3) is 0 Å². The number of hydrogen-bond donors (Lipinski definition) is 2. The average molecular weight is 356 g/mol. The first kappa shape index (κ1) is 17.3. The van der Waals surface area contributed by atoms with Crippen LogP contribution in [-0.2, 0) is 9.53 Å². The number of rotatable bonds is 4. The fourth-order valence-corrected chi connectivity index (χ4v) is 2.88. The van der Waals surface area contributed by atoms with Crippen molar-refractivity contribution in [3.63, 3.8) is 0 Å². The number of ether oxygens (including phenoxy) is 2. The number of carbonyl (C=O) groups excluding carboxylic acids is 1. The van der Waals surface area contributed by atoms with Crippen LogP contribution in [0.5, 0.6) is 11.5 Å². The van der Waals surface area contributed by atoms with E-state index in [9.17, 15) is 20.0 Å². The molecule has 2 aromatic rings. The van der Waals surface area contributed by atoms with E-state index < -0.39 is 16.8 Å². The predicted octanol–water partition coefficient (Wildman–Crippen LogP) is 2.56. The van der Waals surface area contributed by atoms with Crippen molar-refractivity contribution in [2.24, 2.45) is 5.73 Å². The van der Waals surface area contributed by atoms with Gasteiger partial charge in [-0.05, 0) is 18.6 Å². The number of nitro benzene ring substituents is 1. The van der Waals surface area contributed by atoms with Gasteiger partial charge in [-0.2, -0.15) is 0 Å². The predicted molar refractivity (Wildman–Crippen MR) is 91.5 cm³/mol. The van der Waals surface area contributed by atoms with Crippen molar-refractivity contribution < 1.29 is 24.3 Å². The third-order valence-corrected chi connectivity index (χ3v) is 4.01. The largest absolute Gasteiger partial charge is 0.508 e. The number of nitrogens with zero attached hydrogens (tertiary/aromatic N) is 1. The van der Waals surface area contributed by atoms with E-state index >= 15 is 0 Å². The van der Waals surface area contributed by atoms with Crippen LogP contribution in [0.1, 0.15) is 24.0 Å². The van der Waals surface area contributed by atoms with Crippen LogP contribution < -0.4 is 10.5 Å². The van der Waals surface area contributed by atoms with Gasteiger partial charge in [-0.3, -0.25) is 10.1 Å². The Hall–Kier alpha value is -3.55. The first-order chi connectivity index (χ1) is 12.4. The number of phenols is 1. The summed E-state index contributed by atoms with van der Waals surface area (Å²) in [6.45, 7) is 1.83. The summed E-state index contributed by atoms with van der Waals surface area (Å²) in [7, 11) is 0. The van der Waals surface area contributed by atoms with Gasteiger partial charge in [-0.1, -0.05) is 18.2 Å². The Morgan fingerprint density at radius 1 is 1.31 bits per heavy atom. The highest BCUT2D eigenvalue weighted by Gasteiger charge is 2.35. The van der Waals surface area contributed by atoms with Crippen molar-refractivity contribution in [3.05, 3.63) is 75.2 Å². The molecule has 26 heavy (non-hydrogen) atoms. The number of nitro groups is 1. The van der Waals surface area contributed by atoms with Crippen LogP contribution in [0, 0.1) is 10.1 Å². The van der Waals surface area contributed by atoms with Gasteiger partial charge in [-0.15, -0.1) is 0 Å². The van der Waals surface area contributed by atoms with Crippen molar-refractivity contribution in [3.8, 4) is 11.5 Å². The van der Waals surface area contributed by atoms with E-state index in [1.54, 1.807) is 25.1 Å². The number of fused-ring (bicyclic) bond motifs is 1. The van der Waals surface area contributed by atoms with Crippen molar-refractivity contribution in [1.29, 1.82) is 0 Å². The van der Waals surface area contributed by atoms with E-state index in [1.165, 1.54) is 24.3 Å². The van der Waals surface area contributed by atoms with E-state index in [-0.39, 0.29) is 29.5 Å². The quantitative estimate of drug-likeness (QED) is 0.490. The maximum Gasteiger partial charge on any atom is 0.340 e. The molecule has 1 aliphatic heterocycles. The minimum atomic E-state index is -0.640. The van der Waals surface area contributed by atoms with Gasteiger partial charge in [0, 0.05) is 23.8 Å². The molecule has 134 valence electrons. The SMILES string of the molecule is CCOC(=O)C1=C(N)Oc2cc(O)ccc2[C@@H]1c1ccc([N+](=O)[O-])cc1. The summed E-state index contributed by atoms with van der Waals surface area (Å²) in [5.74, 6) is -1.12. The second-order valence-electron chi connectivity index (χ2n) is 5.60. The Kier molecular flexibility index (Phi) is 4.49. The molecule has 0 aromatic heterocycles. The molecule has 3 rings (SSSR count). The van der Waals surface area contributed by atoms with Crippen molar-refractivity contribution in [1.82, 2.24) is 0 Å². The first-order valence-corrected chi connectivity index (χ1v) is 7.84. The standard InChI is InChI=1S/C18H16N2O6/c1-2-25-18(22)16-15(10-3-5-11(6-4-10)20(23)24)13-8-7-12(21)9-14(13)26-17(16)19/h3-9,15,21H,2,19H2,1H3/t15-/m0/s1. The minimum Gasteiger partial charge on any atom is -0.508 e. The van der Waals surface area contributed by atoms with E-state index in [2.05, 4.69) is 0 Å². The van der Waals surface area contributed by atoms with Gasteiger partial charge in [0.25, 0.3) is 5.69 Å². The molecule has 0 amide bonds. The molecule has 1 heterocycles. The first-order valence-electron chi connectivity index (χ1n) is 7.84. The summed E-state index contributed by atoms with van der Waals surface area (Å²) in [5, 5.41) is 20.6. The molecular weight excluding hydrogens is 340 g/mol. The molecule has 0 saturated heterocycles. The van der Waals surface area contributed by atoms with Crippen molar-refractivity contribution in [2.75, 3.05) is 6.61 Å². The van der Waals surface area contributed by atoms with Gasteiger partial charge >= 0.3 is 5.97 Å². The van der Waals surface area contributed by atoms with Crippen LogP contribution in [0.2, 0.25) is 0 Å². The maximum absolute atomic E-state index is 12.4. The molecule has 2 aromatic carbocycles. The van der Waals surface area contributed by atoms with Crippen molar-refractivity contribution >= 4 is 11.7 Å². The average Bonchev–Trinajstić information content (AvgIpc) is 2.60. The van der Waals surface area contributed by atoms with E-state index in [0.29, 0.717) is 16.9 Å². The van der Waals surface area contributed by atoms with E-state index in [0.717, 1.165) is 0 Å². The Morgan fingerprint density at radius 3 is 2.62 bits per heavy atom. The molecule has 1 atom stereocenters. The topological polar surface area (TPSA) is 125 Å². The molecule has 0 saturated carbocycles. The molecule has 0 radical (unpaired) electrons. The van der Waals surface area contributed by atoms with Crippen LogP contribution in [-0.4, -0.2) is 22.6 Å². The third kappa shape index (κ3) is 3.04. The lowest BCUT2D eigenvalue weighted by molar-refractivity contribution is -0.384. The number of aromatic hydroxyl groups is 1. The zero-order valence-corrected chi connectivity index (χ0v) is 13.8. The highest BCUT2D eigenvalue weighted by Crippen LogP contribution is 2.44. The highest BCUT2D eigenvalue weighted by atomic mass is 16.6. The van der Waals surface area contributed by atoms with Crippen LogP contribution in [0.4, 0.5) is 5.69 Å². The Morgan fingerprint density at radius 2 is 2.00 bits per heavy atom. The van der Waals surface area contributed by atoms with Gasteiger partial charge in [0.15, 0.2) is 0 Å². The Bertz CT molecular complexity index is 904. The summed E-state index contributed by atoms with van der Waals surface area (Å²) < 4.78 is 10.6. The molecule has 3 N–H and O–H groups in total. The summed E-state index contributed by atoms with van der Waals surface area (Å²) in [6, 6.07) is 10.3. The number of phenolic OH excluding ortho intramolecular Hbond substituents is 1. The van der Waals surface area contributed by atoms with Gasteiger partial charge < -0.3 is 20.3 Å². The zero-order chi connectivity index (χ0) is 18.8. The molecule has 0 fully saturated rings. The summed E-state index contributed by atoms with van der Waals surface area (Å²) in [6.07, 6.45) is 0. The Labute approximate surface area is 148 Å². The molecule has 0 aliphatic carbocycles. The molecule has 1 aliphatic rings. The molecule has 0 spiro atoms. The van der Waals surface area contributed by atoms with Crippen LogP contribution >= 0.6 is 0 Å². The van der Waals surface area contributed by atoms with E-state index in [1.807, 2.05) is 0 Å². The molecule has 0 bridgehead atoms. The van der Waals surface area contributed by atoms with Gasteiger partial charge in [0.05, 0.1) is 17.4 Å². The molecule has 8 heteroatoms. The Balaban J connectivity index is 2.16. The lowest BCUT2D eigenvalue weighted by atomic mass is 9.83.